The highest BCUT2D eigenvalue weighted by Gasteiger charge is 2.15. The van der Waals surface area contributed by atoms with Gasteiger partial charge in [-0.3, -0.25) is 0 Å². The Morgan fingerprint density at radius 1 is 1.30 bits per heavy atom. The van der Waals surface area contributed by atoms with Crippen LogP contribution in [-0.4, -0.2) is 31.3 Å². The molecule has 1 saturated heterocycles. The molecule has 0 atom stereocenters. The van der Waals surface area contributed by atoms with Crippen LogP contribution in [0.1, 0.15) is 5.56 Å². The molecule has 2 heterocycles. The average Bonchev–Trinajstić information content (AvgIpc) is 2.47. The number of nitrogens with zero attached hydrogens (tertiary/aromatic N) is 1. The summed E-state index contributed by atoms with van der Waals surface area (Å²) in [5.74, 6) is 0. The zero-order valence-corrected chi connectivity index (χ0v) is 11.8. The number of fused-ring (bicyclic) bond motifs is 1. The number of hydrogen-bond donors (Lipinski definition) is 2. The number of aliphatic hydroxyl groups is 1. The van der Waals surface area contributed by atoms with E-state index in [0.717, 1.165) is 37.3 Å². The van der Waals surface area contributed by atoms with Crippen molar-refractivity contribution in [2.45, 2.75) is 6.61 Å². The van der Waals surface area contributed by atoms with Crippen LogP contribution in [0.5, 0.6) is 0 Å². The van der Waals surface area contributed by atoms with Gasteiger partial charge in [-0.2, -0.15) is 0 Å². The van der Waals surface area contributed by atoms with Gasteiger partial charge in [0, 0.05) is 31.6 Å². The largest absolute Gasteiger partial charge is 0.420 e. The summed E-state index contributed by atoms with van der Waals surface area (Å²) < 4.78 is 5.39. The zero-order chi connectivity index (χ0) is 13.2. The van der Waals surface area contributed by atoms with E-state index in [2.05, 4.69) is 10.2 Å². The minimum Gasteiger partial charge on any atom is -0.420 e. The van der Waals surface area contributed by atoms with Crippen LogP contribution >= 0.6 is 12.4 Å². The molecule has 0 bridgehead atoms. The Kier molecular flexibility index (Phi) is 4.65. The summed E-state index contributed by atoms with van der Waals surface area (Å²) in [6.07, 6.45) is 0. The Morgan fingerprint density at radius 3 is 2.75 bits per heavy atom. The highest BCUT2D eigenvalue weighted by molar-refractivity contribution is 5.89. The lowest BCUT2D eigenvalue weighted by atomic mass is 10.1. The van der Waals surface area contributed by atoms with Gasteiger partial charge in [-0.05, 0) is 12.1 Å². The lowest BCUT2D eigenvalue weighted by Crippen LogP contribution is -2.43. The van der Waals surface area contributed by atoms with Crippen molar-refractivity contribution in [1.82, 2.24) is 5.32 Å². The number of benzene rings is 1. The first-order chi connectivity index (χ1) is 9.29. The minimum atomic E-state index is -0.461. The van der Waals surface area contributed by atoms with Crippen LogP contribution in [0.2, 0.25) is 0 Å². The summed E-state index contributed by atoms with van der Waals surface area (Å²) in [4.78, 5) is 14.0. The van der Waals surface area contributed by atoms with Gasteiger partial charge in [-0.1, -0.05) is 12.1 Å². The maximum Gasteiger partial charge on any atom is 0.341 e. The molecule has 20 heavy (non-hydrogen) atoms. The maximum atomic E-state index is 11.7. The second kappa shape index (κ2) is 6.26. The fourth-order valence-electron chi connectivity index (χ4n) is 2.44. The van der Waals surface area contributed by atoms with Gasteiger partial charge in [0.25, 0.3) is 0 Å². The molecule has 1 fully saturated rings. The van der Waals surface area contributed by atoms with Gasteiger partial charge in [-0.15, -0.1) is 12.4 Å². The Hall–Kier alpha value is -1.56. The third-order valence-electron chi connectivity index (χ3n) is 3.44. The van der Waals surface area contributed by atoms with Crippen molar-refractivity contribution in [1.29, 1.82) is 0 Å². The molecule has 108 valence electrons. The number of halogens is 1. The van der Waals surface area contributed by atoms with Crippen LogP contribution in [0.3, 0.4) is 0 Å². The van der Waals surface area contributed by atoms with E-state index in [1.807, 2.05) is 18.2 Å². The van der Waals surface area contributed by atoms with Crippen molar-refractivity contribution in [2.24, 2.45) is 0 Å². The molecule has 1 aromatic heterocycles. The molecular formula is C14H17ClN2O3. The molecular weight excluding hydrogens is 280 g/mol. The highest BCUT2D eigenvalue weighted by Crippen LogP contribution is 2.26. The predicted molar refractivity (Wildman–Crippen MR) is 80.7 cm³/mol. The van der Waals surface area contributed by atoms with E-state index in [0.29, 0.717) is 11.1 Å². The number of piperazine rings is 1. The Bertz CT molecular complexity index is 650. The summed E-state index contributed by atoms with van der Waals surface area (Å²) in [7, 11) is 0. The highest BCUT2D eigenvalue weighted by atomic mass is 35.5. The first-order valence-corrected chi connectivity index (χ1v) is 6.42. The van der Waals surface area contributed by atoms with Gasteiger partial charge in [0.15, 0.2) is 5.58 Å². The van der Waals surface area contributed by atoms with E-state index in [-0.39, 0.29) is 19.0 Å². The summed E-state index contributed by atoms with van der Waals surface area (Å²) in [6.45, 7) is 3.34. The number of aliphatic hydroxyl groups excluding tert-OH is 1. The number of nitrogens with one attached hydrogen (secondary N) is 1. The lowest BCUT2D eigenvalue weighted by molar-refractivity contribution is 0.276. The summed E-state index contributed by atoms with van der Waals surface area (Å²) in [5.41, 5.74) is 1.38. The molecule has 0 saturated carbocycles. The Morgan fingerprint density at radius 2 is 2.05 bits per heavy atom. The van der Waals surface area contributed by atoms with Crippen molar-refractivity contribution in [3.63, 3.8) is 0 Å². The molecule has 2 N–H and O–H groups in total. The fraction of sp³-hybridized carbons (Fsp3) is 0.357. The molecule has 1 aromatic carbocycles. The van der Waals surface area contributed by atoms with Gasteiger partial charge in [0.05, 0.1) is 17.9 Å². The lowest BCUT2D eigenvalue weighted by Gasteiger charge is -2.29. The van der Waals surface area contributed by atoms with Gasteiger partial charge in [-0.25, -0.2) is 4.79 Å². The molecule has 0 aliphatic carbocycles. The van der Waals surface area contributed by atoms with Crippen LogP contribution < -0.4 is 15.8 Å². The Balaban J connectivity index is 0.00000147. The molecule has 0 spiro atoms. The SMILES string of the molecule is Cl.O=c1oc2c(N3CCNCC3)cccc2cc1CO. The molecule has 6 heteroatoms. The fourth-order valence-corrected chi connectivity index (χ4v) is 2.44. The van der Waals surface area contributed by atoms with Crippen molar-refractivity contribution in [3.8, 4) is 0 Å². The number of hydrogen-bond acceptors (Lipinski definition) is 5. The van der Waals surface area contributed by atoms with Gasteiger partial charge in [0.1, 0.15) is 0 Å². The van der Waals surface area contributed by atoms with E-state index >= 15 is 0 Å². The van der Waals surface area contributed by atoms with Crippen LogP contribution in [0.25, 0.3) is 11.0 Å². The standard InChI is InChI=1S/C14H16N2O3.ClH/c17-9-11-8-10-2-1-3-12(13(10)19-14(11)18)16-6-4-15-5-7-16;/h1-3,8,15,17H,4-7,9H2;1H. The zero-order valence-electron chi connectivity index (χ0n) is 11.0. The summed E-state index contributed by atoms with van der Waals surface area (Å²) in [5, 5.41) is 13.3. The molecule has 1 aliphatic heterocycles. The summed E-state index contributed by atoms with van der Waals surface area (Å²) >= 11 is 0. The van der Waals surface area contributed by atoms with E-state index in [1.165, 1.54) is 0 Å². The minimum absolute atomic E-state index is 0. The molecule has 1 aliphatic rings. The molecule has 0 unspecified atom stereocenters. The third kappa shape index (κ3) is 2.65. The average molecular weight is 297 g/mol. The van der Waals surface area contributed by atoms with E-state index in [9.17, 15) is 4.79 Å². The maximum absolute atomic E-state index is 11.7. The Labute approximate surface area is 122 Å². The second-order valence-electron chi connectivity index (χ2n) is 4.65. The van der Waals surface area contributed by atoms with Crippen molar-refractivity contribution >= 4 is 29.1 Å². The quantitative estimate of drug-likeness (QED) is 0.813. The van der Waals surface area contributed by atoms with Crippen LogP contribution in [0.4, 0.5) is 5.69 Å². The van der Waals surface area contributed by atoms with E-state index < -0.39 is 5.63 Å². The van der Waals surface area contributed by atoms with Crippen molar-refractivity contribution in [2.75, 3.05) is 31.1 Å². The number of anilines is 1. The number of para-hydroxylation sites is 1. The smallest absolute Gasteiger partial charge is 0.341 e. The molecule has 3 rings (SSSR count). The predicted octanol–water partition coefficient (Wildman–Crippen LogP) is 1.12. The number of rotatable bonds is 2. The van der Waals surface area contributed by atoms with Crippen LogP contribution in [-0.2, 0) is 6.61 Å². The van der Waals surface area contributed by atoms with E-state index in [1.54, 1.807) is 6.07 Å². The normalized spacial score (nSPS) is 15.2. The second-order valence-corrected chi connectivity index (χ2v) is 4.65. The van der Waals surface area contributed by atoms with Gasteiger partial charge >= 0.3 is 5.63 Å². The molecule has 5 nitrogen and oxygen atoms in total. The third-order valence-corrected chi connectivity index (χ3v) is 3.44. The molecule has 0 amide bonds. The van der Waals surface area contributed by atoms with Crippen LogP contribution in [0, 0.1) is 0 Å². The van der Waals surface area contributed by atoms with Gasteiger partial charge in [0.2, 0.25) is 0 Å². The van der Waals surface area contributed by atoms with Gasteiger partial charge < -0.3 is 19.7 Å². The summed E-state index contributed by atoms with van der Waals surface area (Å²) in [6, 6.07) is 7.51. The van der Waals surface area contributed by atoms with Crippen molar-refractivity contribution < 1.29 is 9.52 Å². The van der Waals surface area contributed by atoms with E-state index in [4.69, 9.17) is 9.52 Å². The van der Waals surface area contributed by atoms with Crippen molar-refractivity contribution in [3.05, 3.63) is 40.2 Å². The first kappa shape index (κ1) is 14.8. The molecule has 0 radical (unpaired) electrons. The first-order valence-electron chi connectivity index (χ1n) is 6.42. The van der Waals surface area contributed by atoms with Crippen LogP contribution in [0.15, 0.2) is 33.5 Å². The topological polar surface area (TPSA) is 65.7 Å². The molecule has 2 aromatic rings. The monoisotopic (exact) mass is 296 g/mol.